The van der Waals surface area contributed by atoms with Crippen molar-refractivity contribution >= 4 is 17.5 Å². The third-order valence-electron chi connectivity index (χ3n) is 2.69. The van der Waals surface area contributed by atoms with Gasteiger partial charge in [-0.05, 0) is 25.1 Å². The van der Waals surface area contributed by atoms with E-state index in [1.54, 1.807) is 19.1 Å². The number of nitrogens with one attached hydrogen (secondary N) is 1. The lowest BCUT2D eigenvalue weighted by molar-refractivity contribution is 0.0926. The SMILES string of the molecule is C[C@H](COc1cccc(F)c1)NC(=O)c1ccncc1Cl. The second-order valence-corrected chi connectivity index (χ2v) is 4.91. The fraction of sp³-hybridized carbons (Fsp3) is 0.200. The van der Waals surface area contributed by atoms with E-state index in [-0.39, 0.29) is 29.4 Å². The van der Waals surface area contributed by atoms with Crippen LogP contribution in [0.1, 0.15) is 17.3 Å². The number of halogens is 2. The second kappa shape index (κ2) is 7.04. The van der Waals surface area contributed by atoms with Crippen LogP contribution in [0.5, 0.6) is 5.75 Å². The van der Waals surface area contributed by atoms with Gasteiger partial charge >= 0.3 is 0 Å². The third kappa shape index (κ3) is 4.43. The third-order valence-corrected chi connectivity index (χ3v) is 2.99. The highest BCUT2D eigenvalue weighted by Crippen LogP contribution is 2.14. The lowest BCUT2D eigenvalue weighted by atomic mass is 10.2. The molecule has 1 aromatic heterocycles. The minimum absolute atomic E-state index is 0.220. The Morgan fingerprint density at radius 3 is 3.00 bits per heavy atom. The van der Waals surface area contributed by atoms with Gasteiger partial charge in [-0.2, -0.15) is 0 Å². The van der Waals surface area contributed by atoms with Crippen molar-refractivity contribution in [2.45, 2.75) is 13.0 Å². The number of nitrogens with zero attached hydrogens (tertiary/aromatic N) is 1. The van der Waals surface area contributed by atoms with E-state index in [0.717, 1.165) is 0 Å². The molecule has 0 saturated carbocycles. The first-order chi connectivity index (χ1) is 10.1. The van der Waals surface area contributed by atoms with Crippen LogP contribution in [-0.4, -0.2) is 23.5 Å². The molecule has 0 unspecified atom stereocenters. The smallest absolute Gasteiger partial charge is 0.253 e. The van der Waals surface area contributed by atoms with Crippen LogP contribution in [0, 0.1) is 5.82 Å². The Hall–Kier alpha value is -2.14. The van der Waals surface area contributed by atoms with E-state index in [0.29, 0.717) is 11.3 Å². The van der Waals surface area contributed by atoms with Gasteiger partial charge in [-0.3, -0.25) is 9.78 Å². The van der Waals surface area contributed by atoms with Gasteiger partial charge in [-0.1, -0.05) is 17.7 Å². The van der Waals surface area contributed by atoms with Crippen LogP contribution >= 0.6 is 11.6 Å². The maximum Gasteiger partial charge on any atom is 0.253 e. The van der Waals surface area contributed by atoms with E-state index in [2.05, 4.69) is 10.3 Å². The van der Waals surface area contributed by atoms with Crippen LogP contribution in [0.2, 0.25) is 5.02 Å². The van der Waals surface area contributed by atoms with Crippen molar-refractivity contribution in [1.29, 1.82) is 0 Å². The second-order valence-electron chi connectivity index (χ2n) is 4.50. The summed E-state index contributed by atoms with van der Waals surface area (Å²) in [6.45, 7) is 2.00. The first-order valence-electron chi connectivity index (χ1n) is 6.35. The number of rotatable bonds is 5. The van der Waals surface area contributed by atoms with Gasteiger partial charge in [0.05, 0.1) is 16.6 Å². The van der Waals surface area contributed by atoms with Gasteiger partial charge in [0.15, 0.2) is 0 Å². The van der Waals surface area contributed by atoms with E-state index < -0.39 is 0 Å². The molecule has 1 aromatic carbocycles. The zero-order chi connectivity index (χ0) is 15.2. The van der Waals surface area contributed by atoms with Crippen LogP contribution in [0.25, 0.3) is 0 Å². The van der Waals surface area contributed by atoms with Gasteiger partial charge in [0.25, 0.3) is 5.91 Å². The molecule has 0 fully saturated rings. The largest absolute Gasteiger partial charge is 0.491 e. The highest BCUT2D eigenvalue weighted by atomic mass is 35.5. The summed E-state index contributed by atoms with van der Waals surface area (Å²) in [6, 6.07) is 7.11. The molecule has 0 spiro atoms. The maximum atomic E-state index is 13.0. The topological polar surface area (TPSA) is 51.2 Å². The van der Waals surface area contributed by atoms with Crippen molar-refractivity contribution in [3.63, 3.8) is 0 Å². The predicted molar refractivity (Wildman–Crippen MR) is 78.1 cm³/mol. The molecule has 0 bridgehead atoms. The molecule has 21 heavy (non-hydrogen) atoms. The van der Waals surface area contributed by atoms with Gasteiger partial charge < -0.3 is 10.1 Å². The van der Waals surface area contributed by atoms with Crippen molar-refractivity contribution in [2.24, 2.45) is 0 Å². The summed E-state index contributed by atoms with van der Waals surface area (Å²) in [5, 5.41) is 3.04. The minimum atomic E-state index is -0.368. The van der Waals surface area contributed by atoms with E-state index in [9.17, 15) is 9.18 Å². The van der Waals surface area contributed by atoms with Crippen LogP contribution in [-0.2, 0) is 0 Å². The summed E-state index contributed by atoms with van der Waals surface area (Å²) in [5.74, 6) is -0.261. The number of ether oxygens (including phenoxy) is 1. The first kappa shape index (κ1) is 15.3. The molecule has 0 aliphatic carbocycles. The molecular weight excluding hydrogens is 295 g/mol. The van der Waals surface area contributed by atoms with E-state index in [1.165, 1.54) is 30.6 Å². The maximum absolute atomic E-state index is 13.0. The van der Waals surface area contributed by atoms with Gasteiger partial charge in [0.2, 0.25) is 0 Å². The lowest BCUT2D eigenvalue weighted by Gasteiger charge is -2.15. The van der Waals surface area contributed by atoms with E-state index in [1.807, 2.05) is 0 Å². The van der Waals surface area contributed by atoms with Gasteiger partial charge in [0.1, 0.15) is 18.2 Å². The number of carbonyl (C=O) groups excluding carboxylic acids is 1. The normalized spacial score (nSPS) is 11.8. The monoisotopic (exact) mass is 308 g/mol. The number of hydrogen-bond donors (Lipinski definition) is 1. The summed E-state index contributed by atoms with van der Waals surface area (Å²) in [7, 11) is 0. The van der Waals surface area contributed by atoms with Crippen molar-refractivity contribution in [1.82, 2.24) is 10.3 Å². The van der Waals surface area contributed by atoms with Crippen molar-refractivity contribution in [3.8, 4) is 5.75 Å². The zero-order valence-electron chi connectivity index (χ0n) is 11.3. The van der Waals surface area contributed by atoms with Crippen LogP contribution < -0.4 is 10.1 Å². The summed E-state index contributed by atoms with van der Waals surface area (Å²) in [6.07, 6.45) is 2.90. The Morgan fingerprint density at radius 2 is 2.29 bits per heavy atom. The fourth-order valence-electron chi connectivity index (χ4n) is 1.68. The molecule has 4 nitrogen and oxygen atoms in total. The quantitative estimate of drug-likeness (QED) is 0.923. The van der Waals surface area contributed by atoms with E-state index >= 15 is 0 Å². The molecule has 0 aliphatic heterocycles. The molecule has 0 saturated heterocycles. The lowest BCUT2D eigenvalue weighted by Crippen LogP contribution is -2.36. The summed E-state index contributed by atoms with van der Waals surface area (Å²) < 4.78 is 18.4. The van der Waals surface area contributed by atoms with Crippen LogP contribution in [0.3, 0.4) is 0 Å². The van der Waals surface area contributed by atoms with Gasteiger partial charge in [0, 0.05) is 18.5 Å². The summed E-state index contributed by atoms with van der Waals surface area (Å²) in [4.78, 5) is 15.8. The number of amides is 1. The minimum Gasteiger partial charge on any atom is -0.491 e. The highest BCUT2D eigenvalue weighted by molar-refractivity contribution is 6.33. The molecule has 0 radical (unpaired) electrons. The number of hydrogen-bond acceptors (Lipinski definition) is 3. The Morgan fingerprint density at radius 1 is 1.48 bits per heavy atom. The van der Waals surface area contributed by atoms with E-state index in [4.69, 9.17) is 16.3 Å². The Kier molecular flexibility index (Phi) is 5.11. The number of pyridine rings is 1. The molecular formula is C15H14ClFN2O2. The first-order valence-corrected chi connectivity index (χ1v) is 6.73. The van der Waals surface area contributed by atoms with Crippen LogP contribution in [0.15, 0.2) is 42.7 Å². The Labute approximate surface area is 126 Å². The Bertz CT molecular complexity index is 637. The highest BCUT2D eigenvalue weighted by Gasteiger charge is 2.13. The molecule has 110 valence electrons. The Balaban J connectivity index is 1.89. The summed E-state index contributed by atoms with van der Waals surface area (Å²) >= 11 is 5.90. The molecule has 1 amide bonds. The summed E-state index contributed by atoms with van der Waals surface area (Å²) in [5.41, 5.74) is 0.351. The van der Waals surface area contributed by atoms with Crippen molar-refractivity contribution < 1.29 is 13.9 Å². The molecule has 1 heterocycles. The molecule has 2 aromatic rings. The molecule has 1 atom stereocenters. The molecule has 1 N–H and O–H groups in total. The van der Waals surface area contributed by atoms with Gasteiger partial charge in [-0.25, -0.2) is 4.39 Å². The predicted octanol–water partition coefficient (Wildman–Crippen LogP) is 3.07. The molecule has 0 aliphatic rings. The average molecular weight is 309 g/mol. The van der Waals surface area contributed by atoms with Crippen LogP contribution in [0.4, 0.5) is 4.39 Å². The number of carbonyl (C=O) groups is 1. The standard InChI is InChI=1S/C15H14ClFN2O2/c1-10(9-21-12-4-2-3-11(17)7-12)19-15(20)13-5-6-18-8-14(13)16/h2-8,10H,9H2,1H3,(H,19,20)/t10-/m1/s1. The molecule has 2 rings (SSSR count). The zero-order valence-corrected chi connectivity index (χ0v) is 12.1. The number of aromatic nitrogens is 1. The fourth-order valence-corrected chi connectivity index (χ4v) is 1.89. The van der Waals surface area contributed by atoms with Gasteiger partial charge in [-0.15, -0.1) is 0 Å². The average Bonchev–Trinajstić information content (AvgIpc) is 2.45. The van der Waals surface area contributed by atoms with Crippen molar-refractivity contribution in [2.75, 3.05) is 6.61 Å². The molecule has 6 heteroatoms. The number of benzene rings is 1. The van der Waals surface area contributed by atoms with Crippen molar-refractivity contribution in [3.05, 3.63) is 59.1 Å².